The summed E-state index contributed by atoms with van der Waals surface area (Å²) < 4.78 is 30.2. The Morgan fingerprint density at radius 1 is 1.05 bits per heavy atom. The molecule has 13 heteroatoms. The van der Waals surface area contributed by atoms with Crippen LogP contribution in [0.3, 0.4) is 0 Å². The molecule has 0 unspecified atom stereocenters. The number of aromatic nitrogens is 6. The zero-order valence-corrected chi connectivity index (χ0v) is 21.6. The van der Waals surface area contributed by atoms with Crippen molar-refractivity contribution in [2.45, 2.75) is 19.1 Å². The fraction of sp³-hybridized carbons (Fsp3) is 0.250. The lowest BCUT2D eigenvalue weighted by Gasteiger charge is -2.16. The first-order valence-corrected chi connectivity index (χ1v) is 13.3. The molecule has 37 heavy (non-hydrogen) atoms. The lowest BCUT2D eigenvalue weighted by molar-refractivity contribution is 0.0988. The number of carbonyl (C=O) groups excluding carboxylic acids is 1. The Hall–Kier alpha value is -4.39. The van der Waals surface area contributed by atoms with E-state index in [1.807, 2.05) is 0 Å². The summed E-state index contributed by atoms with van der Waals surface area (Å²) in [5, 5.41) is 10.6. The van der Waals surface area contributed by atoms with Crippen molar-refractivity contribution in [1.29, 1.82) is 0 Å². The van der Waals surface area contributed by atoms with Gasteiger partial charge in [0.15, 0.2) is 33.0 Å². The second-order valence-corrected chi connectivity index (χ2v) is 10.4. The summed E-state index contributed by atoms with van der Waals surface area (Å²) in [5.41, 5.74) is 2.06. The molecule has 0 radical (unpaired) electrons. The minimum Gasteiger partial charge on any atom is -0.492 e. The second kappa shape index (κ2) is 10.7. The van der Waals surface area contributed by atoms with Crippen LogP contribution in [0.5, 0.6) is 5.75 Å². The molecule has 0 amide bonds. The molecule has 0 bridgehead atoms. The first kappa shape index (κ1) is 25.7. The van der Waals surface area contributed by atoms with Gasteiger partial charge in [0, 0.05) is 44.4 Å². The number of hydrogen-bond acceptors (Lipinski definition) is 11. The number of nitrogens with zero attached hydrogens (tertiary/aromatic N) is 6. The van der Waals surface area contributed by atoms with Crippen molar-refractivity contribution < 1.29 is 17.9 Å². The van der Waals surface area contributed by atoms with Crippen LogP contribution in [0, 0.1) is 0 Å². The quantitative estimate of drug-likeness (QED) is 0.295. The maximum Gasteiger partial charge on any atom is 0.185 e. The molecule has 0 spiro atoms. The molecular formula is C24H26N8O4S. The van der Waals surface area contributed by atoms with Crippen LogP contribution in [0.4, 0.5) is 23.1 Å². The van der Waals surface area contributed by atoms with Crippen molar-refractivity contribution in [2.24, 2.45) is 7.05 Å². The van der Waals surface area contributed by atoms with Gasteiger partial charge in [-0.15, -0.1) is 0 Å². The summed E-state index contributed by atoms with van der Waals surface area (Å²) in [6.07, 6.45) is 7.61. The molecule has 0 saturated carbocycles. The van der Waals surface area contributed by atoms with Crippen molar-refractivity contribution in [3.05, 3.63) is 60.3 Å². The number of carbonyl (C=O) groups is 1. The van der Waals surface area contributed by atoms with Gasteiger partial charge in [-0.2, -0.15) is 5.10 Å². The molecule has 0 fully saturated rings. The van der Waals surface area contributed by atoms with Crippen molar-refractivity contribution >= 4 is 38.8 Å². The first-order chi connectivity index (χ1) is 17.7. The third-order valence-corrected chi connectivity index (χ3v) is 6.10. The minimum absolute atomic E-state index is 0.0949. The van der Waals surface area contributed by atoms with Crippen LogP contribution in [-0.2, 0) is 22.6 Å². The average molecular weight is 523 g/mol. The fourth-order valence-electron chi connectivity index (χ4n) is 3.57. The van der Waals surface area contributed by atoms with Crippen molar-refractivity contribution in [3.63, 3.8) is 0 Å². The molecule has 4 rings (SSSR count). The molecule has 0 aliphatic rings. The predicted molar refractivity (Wildman–Crippen MR) is 139 cm³/mol. The van der Waals surface area contributed by atoms with Gasteiger partial charge < -0.3 is 15.4 Å². The van der Waals surface area contributed by atoms with Crippen LogP contribution >= 0.6 is 0 Å². The summed E-state index contributed by atoms with van der Waals surface area (Å²) in [5.74, 6) is 1.94. The number of pyridine rings is 3. The monoisotopic (exact) mass is 522 g/mol. The normalized spacial score (nSPS) is 11.2. The van der Waals surface area contributed by atoms with Crippen molar-refractivity contribution in [3.8, 4) is 17.1 Å². The van der Waals surface area contributed by atoms with E-state index in [4.69, 9.17) is 4.74 Å². The number of Topliss-reactive ketones (excluding diaryl/α,β-unsaturated/α-hetero) is 1. The van der Waals surface area contributed by atoms with E-state index < -0.39 is 9.84 Å². The molecule has 0 aliphatic heterocycles. The Morgan fingerprint density at radius 3 is 2.46 bits per heavy atom. The number of hydrogen-bond donors (Lipinski definition) is 2. The van der Waals surface area contributed by atoms with Crippen LogP contribution in [-0.4, -0.2) is 57.3 Å². The summed E-state index contributed by atoms with van der Waals surface area (Å²) in [7, 11) is 0.125. The van der Waals surface area contributed by atoms with Crippen molar-refractivity contribution in [2.75, 3.05) is 24.0 Å². The molecule has 4 aromatic rings. The Balaban J connectivity index is 1.66. The highest BCUT2D eigenvalue weighted by Gasteiger charge is 2.19. The number of anilines is 4. The molecule has 2 N–H and O–H groups in total. The summed E-state index contributed by atoms with van der Waals surface area (Å²) in [6, 6.07) is 6.75. The largest absolute Gasteiger partial charge is 0.492 e. The van der Waals surface area contributed by atoms with E-state index in [1.165, 1.54) is 25.8 Å². The third-order valence-electron chi connectivity index (χ3n) is 5.24. The highest BCUT2D eigenvalue weighted by molar-refractivity contribution is 7.89. The van der Waals surface area contributed by atoms with Gasteiger partial charge in [-0.25, -0.2) is 28.4 Å². The Kier molecular flexibility index (Phi) is 7.43. The van der Waals surface area contributed by atoms with Gasteiger partial charge in [0.1, 0.15) is 18.0 Å². The predicted octanol–water partition coefficient (Wildman–Crippen LogP) is 3.30. The maximum atomic E-state index is 12.7. The fourth-order valence-corrected chi connectivity index (χ4v) is 4.34. The molecule has 0 aliphatic carbocycles. The molecule has 12 nitrogen and oxygen atoms in total. The Morgan fingerprint density at radius 2 is 1.84 bits per heavy atom. The molecule has 4 aromatic heterocycles. The highest BCUT2D eigenvalue weighted by atomic mass is 32.2. The number of aryl methyl sites for hydroxylation is 1. The van der Waals surface area contributed by atoms with Crippen LogP contribution < -0.4 is 15.4 Å². The molecule has 4 heterocycles. The lowest BCUT2D eigenvalue weighted by atomic mass is 10.1. The highest BCUT2D eigenvalue weighted by Crippen LogP contribution is 2.36. The van der Waals surface area contributed by atoms with Gasteiger partial charge in [-0.3, -0.25) is 9.48 Å². The number of nitrogens with one attached hydrogen (secondary N) is 2. The number of ketones is 1. The van der Waals surface area contributed by atoms with Gasteiger partial charge in [0.25, 0.3) is 0 Å². The van der Waals surface area contributed by atoms with E-state index in [9.17, 15) is 13.2 Å². The molecule has 192 valence electrons. The van der Waals surface area contributed by atoms with Gasteiger partial charge in [-0.05, 0) is 17.7 Å². The van der Waals surface area contributed by atoms with Crippen LogP contribution in [0.25, 0.3) is 11.4 Å². The van der Waals surface area contributed by atoms with Gasteiger partial charge >= 0.3 is 0 Å². The molecule has 0 aromatic carbocycles. The van der Waals surface area contributed by atoms with E-state index in [1.54, 1.807) is 55.4 Å². The third kappa shape index (κ3) is 6.25. The molecular weight excluding hydrogens is 496 g/mol. The van der Waals surface area contributed by atoms with E-state index in [-0.39, 0.29) is 18.0 Å². The van der Waals surface area contributed by atoms with Gasteiger partial charge in [0.05, 0.1) is 29.7 Å². The van der Waals surface area contributed by atoms with E-state index >= 15 is 0 Å². The van der Waals surface area contributed by atoms with Gasteiger partial charge in [-0.1, -0.05) is 13.0 Å². The molecule has 0 atom stereocenters. The summed E-state index contributed by atoms with van der Waals surface area (Å²) in [6.45, 7) is 1.77. The first-order valence-electron chi connectivity index (χ1n) is 11.3. The van der Waals surface area contributed by atoms with E-state index in [0.717, 1.165) is 0 Å². The van der Waals surface area contributed by atoms with Gasteiger partial charge in [0.2, 0.25) is 0 Å². The van der Waals surface area contributed by atoms with Crippen LogP contribution in [0.1, 0.15) is 29.3 Å². The standard InChI is InChI=1S/C24H26N8O4S/c1-5-19(33)17-12-27-21(30-20-7-6-15(11-26-20)13-37(4,34)35)10-18(17)29-24-22(36-3)16(8-9-25-24)23-28-14-32(2)31-23/h6-12,14H,5,13H2,1-4H3,(H2,25,26,27,29,30). The zero-order chi connectivity index (χ0) is 26.6. The van der Waals surface area contributed by atoms with Crippen molar-refractivity contribution in [1.82, 2.24) is 29.7 Å². The number of ether oxygens (including phenoxy) is 1. The Bertz CT molecular complexity index is 1530. The lowest BCUT2D eigenvalue weighted by Crippen LogP contribution is -2.08. The minimum atomic E-state index is -3.16. The topological polar surface area (TPSA) is 154 Å². The smallest absolute Gasteiger partial charge is 0.185 e. The van der Waals surface area contributed by atoms with E-state index in [2.05, 4.69) is 35.7 Å². The number of sulfone groups is 1. The second-order valence-electron chi connectivity index (χ2n) is 8.25. The van der Waals surface area contributed by atoms with E-state index in [0.29, 0.717) is 51.4 Å². The zero-order valence-electron chi connectivity index (χ0n) is 20.8. The van der Waals surface area contributed by atoms with Crippen LogP contribution in [0.2, 0.25) is 0 Å². The SMILES string of the molecule is CCC(=O)c1cnc(Nc2ccc(CS(C)(=O)=O)cn2)cc1Nc1nccc(-c2ncn(C)n2)c1OC. The number of rotatable bonds is 10. The summed E-state index contributed by atoms with van der Waals surface area (Å²) >= 11 is 0. The van der Waals surface area contributed by atoms with Crippen LogP contribution in [0.15, 0.2) is 49.2 Å². The summed E-state index contributed by atoms with van der Waals surface area (Å²) in [4.78, 5) is 30.0. The Labute approximate surface area is 214 Å². The molecule has 0 saturated heterocycles. The average Bonchev–Trinajstić information content (AvgIpc) is 3.30. The maximum absolute atomic E-state index is 12.7. The number of methoxy groups -OCH3 is 1.